The maximum Gasteiger partial charge on any atom is 0.223 e. The van der Waals surface area contributed by atoms with Gasteiger partial charge in [0.15, 0.2) is 11.6 Å². The quantitative estimate of drug-likeness (QED) is 0.756. The number of aryl methyl sites for hydroxylation is 1. The molecule has 2 aliphatic carbocycles. The highest BCUT2D eigenvalue weighted by molar-refractivity contribution is 5.74. The van der Waals surface area contributed by atoms with Gasteiger partial charge in [-0.3, -0.25) is 4.68 Å². The van der Waals surface area contributed by atoms with Crippen LogP contribution in [0.4, 0.5) is 16.2 Å². The van der Waals surface area contributed by atoms with Crippen molar-refractivity contribution < 1.29 is 4.39 Å². The molecule has 7 nitrogen and oxygen atoms in total. The van der Waals surface area contributed by atoms with Gasteiger partial charge in [-0.2, -0.15) is 5.10 Å². The van der Waals surface area contributed by atoms with Gasteiger partial charge in [0.25, 0.3) is 0 Å². The van der Waals surface area contributed by atoms with Gasteiger partial charge >= 0.3 is 0 Å². The summed E-state index contributed by atoms with van der Waals surface area (Å²) in [5.41, 5.74) is 13.8. The average Bonchev–Trinajstić information content (AvgIpc) is 3.38. The minimum Gasteiger partial charge on any atom is -0.382 e. The van der Waals surface area contributed by atoms with Gasteiger partial charge in [0.05, 0.1) is 17.5 Å². The average molecular weight is 359 g/mol. The Morgan fingerprint density at radius 1 is 1.23 bits per heavy atom. The highest BCUT2D eigenvalue weighted by Gasteiger charge is 2.28. The molecule has 2 fully saturated rings. The summed E-state index contributed by atoms with van der Waals surface area (Å²) in [6.45, 7) is 0. The summed E-state index contributed by atoms with van der Waals surface area (Å²) >= 11 is 0. The fourth-order valence-electron chi connectivity index (χ4n) is 3.73. The number of nitrogens with zero attached hydrogens (tertiary/aromatic N) is 4. The van der Waals surface area contributed by atoms with Crippen molar-refractivity contribution in [3.05, 3.63) is 17.7 Å². The van der Waals surface area contributed by atoms with Crippen molar-refractivity contribution >= 4 is 11.8 Å². The zero-order valence-electron chi connectivity index (χ0n) is 15.1. The summed E-state index contributed by atoms with van der Waals surface area (Å²) < 4.78 is 16.3. The molecular weight excluding hydrogens is 333 g/mol. The van der Waals surface area contributed by atoms with Gasteiger partial charge in [-0.1, -0.05) is 0 Å². The maximum absolute atomic E-state index is 14.5. The van der Waals surface area contributed by atoms with Crippen molar-refractivity contribution in [2.24, 2.45) is 18.7 Å². The largest absolute Gasteiger partial charge is 0.382 e. The number of halogens is 1. The molecule has 140 valence electrons. The summed E-state index contributed by atoms with van der Waals surface area (Å²) in [6.07, 6.45) is 8.37. The Labute approximate surface area is 152 Å². The number of anilines is 2. The molecule has 2 saturated carbocycles. The summed E-state index contributed by atoms with van der Waals surface area (Å²) in [4.78, 5) is 8.58. The lowest BCUT2D eigenvalue weighted by Crippen LogP contribution is -2.33. The Hall–Kier alpha value is -2.22. The molecule has 8 heteroatoms. The SMILES string of the molecule is Cn1nc(N)c(-c2nc(N[C@H]3CC[C@H](N)CC3)ncc2F)c1CC1CC1. The highest BCUT2D eigenvalue weighted by atomic mass is 19.1. The molecule has 26 heavy (non-hydrogen) atoms. The van der Waals surface area contributed by atoms with Gasteiger partial charge < -0.3 is 16.8 Å². The van der Waals surface area contributed by atoms with Gasteiger partial charge in [0, 0.05) is 19.1 Å². The predicted octanol–water partition coefficient (Wildman–Crippen LogP) is 2.23. The van der Waals surface area contributed by atoms with Gasteiger partial charge in [-0.25, -0.2) is 14.4 Å². The third kappa shape index (κ3) is 3.51. The van der Waals surface area contributed by atoms with E-state index in [1.165, 1.54) is 19.0 Å². The van der Waals surface area contributed by atoms with E-state index >= 15 is 0 Å². The van der Waals surface area contributed by atoms with E-state index < -0.39 is 5.82 Å². The van der Waals surface area contributed by atoms with Crippen LogP contribution in [0.5, 0.6) is 0 Å². The molecule has 0 unspecified atom stereocenters. The van der Waals surface area contributed by atoms with Crippen LogP contribution in [0.3, 0.4) is 0 Å². The number of rotatable bonds is 5. The standard InChI is InChI=1S/C18H26FN7/c1-26-14(8-10-2-3-10)15(17(21)25-26)16-13(19)9-22-18(24-16)23-12-6-4-11(20)5-7-12/h9-12H,2-8,20H2,1H3,(H2,21,25)(H,22,23,24)/t11-,12-. The van der Waals surface area contributed by atoms with Crippen LogP contribution < -0.4 is 16.8 Å². The smallest absolute Gasteiger partial charge is 0.223 e. The lowest BCUT2D eigenvalue weighted by atomic mass is 9.92. The van der Waals surface area contributed by atoms with Crippen LogP contribution in [0.2, 0.25) is 0 Å². The summed E-state index contributed by atoms with van der Waals surface area (Å²) in [5.74, 6) is 0.910. The first-order chi connectivity index (χ1) is 12.5. The van der Waals surface area contributed by atoms with Crippen LogP contribution in [0.15, 0.2) is 6.20 Å². The molecule has 0 amide bonds. The zero-order chi connectivity index (χ0) is 18.3. The second-order valence-electron chi connectivity index (χ2n) is 7.62. The molecule has 0 bridgehead atoms. The van der Waals surface area contributed by atoms with E-state index in [0.717, 1.165) is 37.8 Å². The Morgan fingerprint density at radius 2 is 1.96 bits per heavy atom. The first-order valence-corrected chi connectivity index (χ1v) is 9.37. The lowest BCUT2D eigenvalue weighted by Gasteiger charge is -2.26. The van der Waals surface area contributed by atoms with Crippen molar-refractivity contribution in [1.82, 2.24) is 19.7 Å². The molecule has 0 spiro atoms. The van der Waals surface area contributed by atoms with E-state index in [1.807, 2.05) is 7.05 Å². The van der Waals surface area contributed by atoms with E-state index in [-0.39, 0.29) is 17.8 Å². The van der Waals surface area contributed by atoms with E-state index in [1.54, 1.807) is 4.68 Å². The van der Waals surface area contributed by atoms with Gasteiger partial charge in [0.2, 0.25) is 5.95 Å². The molecule has 0 atom stereocenters. The van der Waals surface area contributed by atoms with Crippen LogP contribution in [-0.2, 0) is 13.5 Å². The third-order valence-corrected chi connectivity index (χ3v) is 5.46. The number of hydrogen-bond donors (Lipinski definition) is 3. The summed E-state index contributed by atoms with van der Waals surface area (Å²) in [7, 11) is 1.85. The van der Waals surface area contributed by atoms with Crippen LogP contribution >= 0.6 is 0 Å². The van der Waals surface area contributed by atoms with Crippen molar-refractivity contribution in [3.63, 3.8) is 0 Å². The minimum atomic E-state index is -0.474. The molecule has 2 heterocycles. The Bertz CT molecular complexity index is 791. The maximum atomic E-state index is 14.5. The van der Waals surface area contributed by atoms with Crippen molar-refractivity contribution in [2.75, 3.05) is 11.1 Å². The van der Waals surface area contributed by atoms with Crippen molar-refractivity contribution in [1.29, 1.82) is 0 Å². The van der Waals surface area contributed by atoms with E-state index in [9.17, 15) is 4.39 Å². The monoisotopic (exact) mass is 359 g/mol. The third-order valence-electron chi connectivity index (χ3n) is 5.46. The second kappa shape index (κ2) is 6.83. The predicted molar refractivity (Wildman–Crippen MR) is 98.9 cm³/mol. The number of aromatic nitrogens is 4. The summed E-state index contributed by atoms with van der Waals surface area (Å²) in [5, 5.41) is 7.62. The number of nitrogens with two attached hydrogens (primary N) is 2. The normalized spacial score (nSPS) is 23.2. The molecular formula is C18H26FN7. The Kier molecular flexibility index (Phi) is 4.52. The second-order valence-corrected chi connectivity index (χ2v) is 7.62. The molecule has 0 radical (unpaired) electrons. The molecule has 0 aliphatic heterocycles. The number of nitrogen functional groups attached to an aromatic ring is 1. The number of hydrogen-bond acceptors (Lipinski definition) is 6. The molecule has 0 aromatic carbocycles. The van der Waals surface area contributed by atoms with E-state index in [0.29, 0.717) is 23.2 Å². The van der Waals surface area contributed by atoms with Gasteiger partial charge in [0.1, 0.15) is 5.69 Å². The Balaban J connectivity index is 1.62. The van der Waals surface area contributed by atoms with Gasteiger partial charge in [-0.05, 0) is 50.9 Å². The molecule has 5 N–H and O–H groups in total. The first-order valence-electron chi connectivity index (χ1n) is 9.37. The number of nitrogens with one attached hydrogen (secondary N) is 1. The molecule has 2 aromatic rings. The molecule has 2 aromatic heterocycles. The molecule has 2 aliphatic rings. The highest BCUT2D eigenvalue weighted by Crippen LogP contribution is 2.38. The lowest BCUT2D eigenvalue weighted by molar-refractivity contribution is 0.409. The zero-order valence-corrected chi connectivity index (χ0v) is 15.1. The minimum absolute atomic E-state index is 0.233. The van der Waals surface area contributed by atoms with E-state index in [4.69, 9.17) is 11.5 Å². The van der Waals surface area contributed by atoms with Crippen LogP contribution in [0.1, 0.15) is 44.2 Å². The fourth-order valence-corrected chi connectivity index (χ4v) is 3.73. The van der Waals surface area contributed by atoms with Gasteiger partial charge in [-0.15, -0.1) is 0 Å². The van der Waals surface area contributed by atoms with Crippen LogP contribution in [0, 0.1) is 11.7 Å². The molecule has 4 rings (SSSR count). The van der Waals surface area contributed by atoms with E-state index in [2.05, 4.69) is 20.4 Å². The first kappa shape index (κ1) is 17.2. The Morgan fingerprint density at radius 3 is 2.65 bits per heavy atom. The summed E-state index contributed by atoms with van der Waals surface area (Å²) in [6, 6.07) is 0.545. The van der Waals surface area contributed by atoms with Crippen LogP contribution in [0.25, 0.3) is 11.3 Å². The van der Waals surface area contributed by atoms with Crippen molar-refractivity contribution in [2.45, 2.75) is 57.0 Å². The van der Waals surface area contributed by atoms with Crippen molar-refractivity contribution in [3.8, 4) is 11.3 Å². The molecule has 0 saturated heterocycles. The topological polar surface area (TPSA) is 108 Å². The fraction of sp³-hybridized carbons (Fsp3) is 0.611. The van der Waals surface area contributed by atoms with Crippen LogP contribution in [-0.4, -0.2) is 31.8 Å².